The molecule has 30 heavy (non-hydrogen) atoms. The number of piperazine rings is 1. The van der Waals surface area contributed by atoms with Crippen molar-refractivity contribution < 1.29 is 9.84 Å². The Labute approximate surface area is 196 Å². The zero-order chi connectivity index (χ0) is 20.3. The number of hydrogen-bond acceptors (Lipinski definition) is 5. The largest absolute Gasteiger partial charge is 0.492 e. The van der Waals surface area contributed by atoms with Gasteiger partial charge in [0.2, 0.25) is 0 Å². The van der Waals surface area contributed by atoms with E-state index < -0.39 is 6.10 Å². The molecule has 1 fully saturated rings. The van der Waals surface area contributed by atoms with Crippen LogP contribution in [0.2, 0.25) is 0 Å². The molecule has 1 atom stereocenters. The van der Waals surface area contributed by atoms with Crippen molar-refractivity contribution in [3.8, 4) is 5.75 Å². The smallest absolute Gasteiger partial charge is 0.194 e. The minimum atomic E-state index is -0.622. The summed E-state index contributed by atoms with van der Waals surface area (Å²) in [6.07, 6.45) is 2.76. The van der Waals surface area contributed by atoms with Crippen LogP contribution in [0.4, 0.5) is 0 Å². The molecule has 1 aliphatic heterocycles. The van der Waals surface area contributed by atoms with Crippen LogP contribution in [-0.4, -0.2) is 78.3 Å². The number of nitrogens with zero attached hydrogens (tertiary/aromatic N) is 4. The summed E-state index contributed by atoms with van der Waals surface area (Å²) >= 11 is 0. The molecule has 1 aromatic carbocycles. The highest BCUT2D eigenvalue weighted by Crippen LogP contribution is 2.12. The van der Waals surface area contributed by atoms with Gasteiger partial charge in [0.1, 0.15) is 12.4 Å². The lowest BCUT2D eigenvalue weighted by atomic mass is 10.1. The molecule has 2 N–H and O–H groups in total. The fourth-order valence-corrected chi connectivity index (χ4v) is 3.28. The summed E-state index contributed by atoms with van der Waals surface area (Å²) < 4.78 is 5.80. The number of nitrogens with one attached hydrogen (secondary N) is 1. The lowest BCUT2D eigenvalue weighted by Crippen LogP contribution is -2.53. The standard InChI is InChI=1S/C22H31N5O2.HI/c1-2-24-22(25-18-21(28)19-8-10-23-11-9-19)27-14-12-26(13-15-27)16-17-29-20-6-4-3-5-7-20;/h3-11,21,28H,2,12-18H2,1H3,(H,24,25);1H. The zero-order valence-electron chi connectivity index (χ0n) is 17.5. The number of aliphatic imine (C=N–C) groups is 1. The Morgan fingerprint density at radius 2 is 1.83 bits per heavy atom. The highest BCUT2D eigenvalue weighted by atomic mass is 127. The van der Waals surface area contributed by atoms with Crippen molar-refractivity contribution in [2.24, 2.45) is 4.99 Å². The van der Waals surface area contributed by atoms with Crippen LogP contribution in [-0.2, 0) is 0 Å². The van der Waals surface area contributed by atoms with Gasteiger partial charge in [0.05, 0.1) is 12.6 Å². The van der Waals surface area contributed by atoms with E-state index in [1.54, 1.807) is 12.4 Å². The SMILES string of the molecule is CCNC(=NCC(O)c1ccncc1)N1CCN(CCOc2ccccc2)CC1.I. The van der Waals surface area contributed by atoms with E-state index in [-0.39, 0.29) is 24.0 Å². The van der Waals surface area contributed by atoms with Crippen LogP contribution < -0.4 is 10.1 Å². The predicted octanol–water partition coefficient (Wildman–Crippen LogP) is 2.40. The van der Waals surface area contributed by atoms with Crippen LogP contribution in [0.3, 0.4) is 0 Å². The van der Waals surface area contributed by atoms with Crippen molar-refractivity contribution in [2.75, 3.05) is 52.4 Å². The number of benzene rings is 1. The summed E-state index contributed by atoms with van der Waals surface area (Å²) in [4.78, 5) is 13.3. The first-order chi connectivity index (χ1) is 14.3. The van der Waals surface area contributed by atoms with E-state index in [0.717, 1.165) is 56.5 Å². The molecule has 2 heterocycles. The molecule has 1 aromatic heterocycles. The lowest BCUT2D eigenvalue weighted by molar-refractivity contribution is 0.151. The third-order valence-electron chi connectivity index (χ3n) is 4.93. The number of aliphatic hydroxyl groups excluding tert-OH is 1. The van der Waals surface area contributed by atoms with Gasteiger partial charge in [-0.05, 0) is 36.8 Å². The predicted molar refractivity (Wildman–Crippen MR) is 131 cm³/mol. The molecule has 164 valence electrons. The average Bonchev–Trinajstić information content (AvgIpc) is 2.78. The van der Waals surface area contributed by atoms with E-state index in [9.17, 15) is 5.11 Å². The van der Waals surface area contributed by atoms with Crippen LogP contribution in [0.15, 0.2) is 59.9 Å². The van der Waals surface area contributed by atoms with Gasteiger partial charge in [-0.1, -0.05) is 18.2 Å². The number of pyridine rings is 1. The van der Waals surface area contributed by atoms with Crippen LogP contribution in [0.5, 0.6) is 5.75 Å². The normalized spacial score (nSPS) is 15.9. The maximum absolute atomic E-state index is 10.4. The molecule has 0 spiro atoms. The summed E-state index contributed by atoms with van der Waals surface area (Å²) in [6.45, 7) is 8.54. The molecule has 1 saturated heterocycles. The highest BCUT2D eigenvalue weighted by Gasteiger charge is 2.20. The second-order valence-electron chi connectivity index (χ2n) is 6.98. The maximum atomic E-state index is 10.4. The van der Waals surface area contributed by atoms with E-state index >= 15 is 0 Å². The van der Waals surface area contributed by atoms with Crippen LogP contribution in [0, 0.1) is 0 Å². The van der Waals surface area contributed by atoms with E-state index in [0.29, 0.717) is 13.2 Å². The number of rotatable bonds is 8. The first-order valence-corrected chi connectivity index (χ1v) is 10.3. The molecule has 2 aromatic rings. The molecule has 3 rings (SSSR count). The Morgan fingerprint density at radius 3 is 2.50 bits per heavy atom. The van der Waals surface area contributed by atoms with Gasteiger partial charge in [-0.3, -0.25) is 14.9 Å². The topological polar surface area (TPSA) is 73.2 Å². The minimum Gasteiger partial charge on any atom is -0.492 e. The van der Waals surface area contributed by atoms with Crippen molar-refractivity contribution >= 4 is 29.9 Å². The van der Waals surface area contributed by atoms with Crippen LogP contribution >= 0.6 is 24.0 Å². The fraction of sp³-hybridized carbons (Fsp3) is 0.455. The Balaban J connectivity index is 0.00000320. The zero-order valence-corrected chi connectivity index (χ0v) is 19.8. The number of halogens is 1. The van der Waals surface area contributed by atoms with Crippen LogP contribution in [0.1, 0.15) is 18.6 Å². The van der Waals surface area contributed by atoms with Gasteiger partial charge in [-0.25, -0.2) is 0 Å². The molecule has 0 amide bonds. The summed E-state index contributed by atoms with van der Waals surface area (Å²) in [5.74, 6) is 1.78. The van der Waals surface area contributed by atoms with Gasteiger partial charge < -0.3 is 20.1 Å². The highest BCUT2D eigenvalue weighted by molar-refractivity contribution is 14.0. The van der Waals surface area contributed by atoms with Gasteiger partial charge in [0, 0.05) is 51.7 Å². The van der Waals surface area contributed by atoms with Gasteiger partial charge in [0.15, 0.2) is 5.96 Å². The number of hydrogen-bond donors (Lipinski definition) is 2. The molecule has 8 heteroatoms. The van der Waals surface area contributed by atoms with Crippen molar-refractivity contribution in [2.45, 2.75) is 13.0 Å². The van der Waals surface area contributed by atoms with E-state index in [1.807, 2.05) is 42.5 Å². The third kappa shape index (κ3) is 7.73. The first-order valence-electron chi connectivity index (χ1n) is 10.3. The van der Waals surface area contributed by atoms with E-state index in [1.165, 1.54) is 0 Å². The Kier molecular flexibility index (Phi) is 10.9. The second-order valence-corrected chi connectivity index (χ2v) is 6.98. The molecule has 0 radical (unpaired) electrons. The Morgan fingerprint density at radius 1 is 1.13 bits per heavy atom. The number of para-hydroxylation sites is 1. The monoisotopic (exact) mass is 525 g/mol. The van der Waals surface area contributed by atoms with Crippen LogP contribution in [0.25, 0.3) is 0 Å². The molecule has 0 aliphatic carbocycles. The van der Waals surface area contributed by atoms with Crippen molar-refractivity contribution in [3.05, 3.63) is 60.4 Å². The molecule has 0 bridgehead atoms. The van der Waals surface area contributed by atoms with Crippen molar-refractivity contribution in [3.63, 3.8) is 0 Å². The first kappa shape index (κ1) is 24.4. The number of aromatic nitrogens is 1. The minimum absolute atomic E-state index is 0. The maximum Gasteiger partial charge on any atom is 0.194 e. The molecule has 1 aliphatic rings. The molecular weight excluding hydrogens is 493 g/mol. The molecule has 0 saturated carbocycles. The number of ether oxygens (including phenoxy) is 1. The Hall–Kier alpha value is -1.91. The van der Waals surface area contributed by atoms with Gasteiger partial charge in [-0.15, -0.1) is 24.0 Å². The third-order valence-corrected chi connectivity index (χ3v) is 4.93. The number of guanidine groups is 1. The molecule has 7 nitrogen and oxygen atoms in total. The van der Waals surface area contributed by atoms with E-state index in [4.69, 9.17) is 4.74 Å². The second kappa shape index (κ2) is 13.4. The summed E-state index contributed by atoms with van der Waals surface area (Å²) in [5.41, 5.74) is 0.836. The quantitative estimate of drug-likeness (QED) is 0.314. The lowest BCUT2D eigenvalue weighted by Gasteiger charge is -2.36. The average molecular weight is 525 g/mol. The van der Waals surface area contributed by atoms with Gasteiger partial charge in [0.25, 0.3) is 0 Å². The Bertz CT molecular complexity index is 740. The summed E-state index contributed by atoms with van der Waals surface area (Å²) in [6, 6.07) is 13.6. The molecule has 1 unspecified atom stereocenters. The molecular formula is C22H32IN5O2. The summed E-state index contributed by atoms with van der Waals surface area (Å²) in [5, 5.41) is 13.7. The summed E-state index contributed by atoms with van der Waals surface area (Å²) in [7, 11) is 0. The fourth-order valence-electron chi connectivity index (χ4n) is 3.28. The van der Waals surface area contributed by atoms with Crippen molar-refractivity contribution in [1.82, 2.24) is 20.1 Å². The number of aliphatic hydroxyl groups is 1. The van der Waals surface area contributed by atoms with Crippen molar-refractivity contribution in [1.29, 1.82) is 0 Å². The van der Waals surface area contributed by atoms with E-state index in [2.05, 4.69) is 32.0 Å². The van der Waals surface area contributed by atoms with Gasteiger partial charge in [-0.2, -0.15) is 0 Å². The van der Waals surface area contributed by atoms with Gasteiger partial charge >= 0.3 is 0 Å².